The standard InChI is InChI=1S/C26H28N2O4/c1-18(29)28(5)21-11-13-22(14-12-21)31-17-20-10-9-19(24-8-6-7-15-27-24)16-23(20)25(30)32-26(2,3)4/h6-16H,17H2,1-5H3. The lowest BCUT2D eigenvalue weighted by molar-refractivity contribution is -0.116. The summed E-state index contributed by atoms with van der Waals surface area (Å²) in [5, 5.41) is 0. The fourth-order valence-electron chi connectivity index (χ4n) is 3.03. The van der Waals surface area contributed by atoms with Crippen molar-refractivity contribution in [3.63, 3.8) is 0 Å². The summed E-state index contributed by atoms with van der Waals surface area (Å²) in [5.41, 5.74) is 2.91. The first-order valence-electron chi connectivity index (χ1n) is 10.4. The Labute approximate surface area is 188 Å². The molecule has 1 heterocycles. The molecule has 3 rings (SSSR count). The summed E-state index contributed by atoms with van der Waals surface area (Å²) >= 11 is 0. The van der Waals surface area contributed by atoms with Crippen LogP contribution in [0.1, 0.15) is 43.6 Å². The number of carbonyl (C=O) groups is 2. The molecule has 1 amide bonds. The van der Waals surface area contributed by atoms with Gasteiger partial charge in [-0.25, -0.2) is 4.79 Å². The fraction of sp³-hybridized carbons (Fsp3) is 0.269. The summed E-state index contributed by atoms with van der Waals surface area (Å²) in [6.07, 6.45) is 1.71. The molecule has 0 aliphatic carbocycles. The third-order valence-electron chi connectivity index (χ3n) is 4.78. The van der Waals surface area contributed by atoms with E-state index in [1.165, 1.54) is 6.92 Å². The van der Waals surface area contributed by atoms with Crippen LogP contribution in [0.25, 0.3) is 11.3 Å². The van der Waals surface area contributed by atoms with Crippen LogP contribution in [-0.4, -0.2) is 29.5 Å². The van der Waals surface area contributed by atoms with Crippen molar-refractivity contribution in [3.05, 3.63) is 78.0 Å². The minimum atomic E-state index is -0.616. The molecule has 0 spiro atoms. The monoisotopic (exact) mass is 432 g/mol. The van der Waals surface area contributed by atoms with Gasteiger partial charge in [0.15, 0.2) is 0 Å². The van der Waals surface area contributed by atoms with E-state index in [9.17, 15) is 9.59 Å². The molecule has 1 aromatic heterocycles. The van der Waals surface area contributed by atoms with Gasteiger partial charge in [-0.2, -0.15) is 0 Å². The van der Waals surface area contributed by atoms with Crippen molar-refractivity contribution in [1.29, 1.82) is 0 Å². The molecule has 0 bridgehead atoms. The minimum absolute atomic E-state index is 0.0475. The van der Waals surface area contributed by atoms with E-state index in [2.05, 4.69) is 4.98 Å². The number of esters is 1. The van der Waals surface area contributed by atoms with Crippen molar-refractivity contribution in [2.45, 2.75) is 39.9 Å². The minimum Gasteiger partial charge on any atom is -0.489 e. The summed E-state index contributed by atoms with van der Waals surface area (Å²) in [4.78, 5) is 30.4. The molecule has 0 aliphatic rings. The highest BCUT2D eigenvalue weighted by molar-refractivity contribution is 5.93. The first-order valence-corrected chi connectivity index (χ1v) is 10.4. The average molecular weight is 433 g/mol. The van der Waals surface area contributed by atoms with Crippen molar-refractivity contribution >= 4 is 17.6 Å². The number of benzene rings is 2. The normalized spacial score (nSPS) is 11.0. The average Bonchev–Trinajstić information content (AvgIpc) is 2.77. The maximum absolute atomic E-state index is 12.9. The zero-order chi connectivity index (χ0) is 23.3. The zero-order valence-electron chi connectivity index (χ0n) is 19.1. The fourth-order valence-corrected chi connectivity index (χ4v) is 3.03. The maximum Gasteiger partial charge on any atom is 0.339 e. The molecule has 0 aliphatic heterocycles. The zero-order valence-corrected chi connectivity index (χ0v) is 19.1. The Hall–Kier alpha value is -3.67. The van der Waals surface area contributed by atoms with Crippen LogP contribution in [-0.2, 0) is 16.1 Å². The van der Waals surface area contributed by atoms with Gasteiger partial charge in [-0.05, 0) is 63.2 Å². The van der Waals surface area contributed by atoms with Crippen LogP contribution >= 0.6 is 0 Å². The number of aromatic nitrogens is 1. The van der Waals surface area contributed by atoms with Crippen molar-refractivity contribution < 1.29 is 19.1 Å². The SMILES string of the molecule is CC(=O)N(C)c1ccc(OCc2ccc(-c3ccccn3)cc2C(=O)OC(C)(C)C)cc1. The maximum atomic E-state index is 12.9. The Balaban J connectivity index is 1.84. The van der Waals surface area contributed by atoms with Gasteiger partial charge in [0.25, 0.3) is 0 Å². The van der Waals surface area contributed by atoms with Crippen molar-refractivity contribution in [1.82, 2.24) is 4.98 Å². The van der Waals surface area contributed by atoms with Crippen molar-refractivity contribution in [3.8, 4) is 17.0 Å². The van der Waals surface area contributed by atoms with Crippen LogP contribution in [0.3, 0.4) is 0 Å². The van der Waals surface area contributed by atoms with E-state index in [-0.39, 0.29) is 12.5 Å². The first-order chi connectivity index (χ1) is 15.1. The highest BCUT2D eigenvalue weighted by atomic mass is 16.6. The Morgan fingerprint density at radius 1 is 1.00 bits per heavy atom. The lowest BCUT2D eigenvalue weighted by Gasteiger charge is -2.21. The van der Waals surface area contributed by atoms with Crippen LogP contribution in [0.5, 0.6) is 5.75 Å². The van der Waals surface area contributed by atoms with Gasteiger partial charge in [-0.3, -0.25) is 9.78 Å². The molecule has 2 aromatic carbocycles. The molecule has 0 N–H and O–H groups in total. The second-order valence-corrected chi connectivity index (χ2v) is 8.45. The van der Waals surface area contributed by atoms with E-state index in [1.807, 2.05) is 63.2 Å². The third-order valence-corrected chi connectivity index (χ3v) is 4.78. The summed E-state index contributed by atoms with van der Waals surface area (Å²) in [7, 11) is 1.72. The molecule has 32 heavy (non-hydrogen) atoms. The largest absolute Gasteiger partial charge is 0.489 e. The molecular formula is C26H28N2O4. The van der Waals surface area contributed by atoms with Crippen molar-refractivity contribution in [2.24, 2.45) is 0 Å². The second-order valence-electron chi connectivity index (χ2n) is 8.45. The topological polar surface area (TPSA) is 68.7 Å². The molecule has 3 aromatic rings. The number of carbonyl (C=O) groups excluding carboxylic acids is 2. The van der Waals surface area contributed by atoms with Gasteiger partial charge in [-0.1, -0.05) is 18.2 Å². The van der Waals surface area contributed by atoms with E-state index in [1.54, 1.807) is 36.3 Å². The predicted molar refractivity (Wildman–Crippen MR) is 125 cm³/mol. The van der Waals surface area contributed by atoms with Crippen molar-refractivity contribution in [2.75, 3.05) is 11.9 Å². The Kier molecular flexibility index (Phi) is 6.93. The van der Waals surface area contributed by atoms with Gasteiger partial charge >= 0.3 is 5.97 Å². The number of ether oxygens (including phenoxy) is 2. The Morgan fingerprint density at radius 3 is 2.31 bits per heavy atom. The molecule has 0 unspecified atom stereocenters. The highest BCUT2D eigenvalue weighted by Crippen LogP contribution is 2.25. The van der Waals surface area contributed by atoms with E-state index >= 15 is 0 Å². The molecule has 0 fully saturated rings. The molecule has 6 heteroatoms. The van der Waals surface area contributed by atoms with E-state index < -0.39 is 11.6 Å². The number of pyridine rings is 1. The molecule has 166 valence electrons. The molecular weight excluding hydrogens is 404 g/mol. The molecule has 0 saturated carbocycles. The second kappa shape index (κ2) is 9.64. The van der Waals surface area contributed by atoms with Gasteiger partial charge in [0, 0.05) is 37.0 Å². The predicted octanol–water partition coefficient (Wildman–Crippen LogP) is 5.27. The number of anilines is 1. The van der Waals surface area contributed by atoms with Gasteiger partial charge in [0.2, 0.25) is 5.91 Å². The number of hydrogen-bond donors (Lipinski definition) is 0. The number of rotatable bonds is 6. The van der Waals surface area contributed by atoms with Gasteiger partial charge in [-0.15, -0.1) is 0 Å². The number of amides is 1. The molecule has 0 saturated heterocycles. The van der Waals surface area contributed by atoms with Crippen LogP contribution in [0.4, 0.5) is 5.69 Å². The highest BCUT2D eigenvalue weighted by Gasteiger charge is 2.21. The lowest BCUT2D eigenvalue weighted by Crippen LogP contribution is -2.24. The van der Waals surface area contributed by atoms with Gasteiger partial charge < -0.3 is 14.4 Å². The molecule has 0 atom stereocenters. The Bertz CT molecular complexity index is 1090. The van der Waals surface area contributed by atoms with Crippen LogP contribution in [0.15, 0.2) is 66.9 Å². The third kappa shape index (κ3) is 5.94. The van der Waals surface area contributed by atoms with Gasteiger partial charge in [0.1, 0.15) is 18.0 Å². The summed E-state index contributed by atoms with van der Waals surface area (Å²) in [5.74, 6) is 0.177. The van der Waals surface area contributed by atoms with E-state index in [0.29, 0.717) is 16.9 Å². The summed E-state index contributed by atoms with van der Waals surface area (Å²) < 4.78 is 11.5. The van der Waals surface area contributed by atoms with Crippen LogP contribution in [0.2, 0.25) is 0 Å². The molecule has 0 radical (unpaired) electrons. The first kappa shape index (κ1) is 23.0. The van der Waals surface area contributed by atoms with Crippen LogP contribution < -0.4 is 9.64 Å². The van der Waals surface area contributed by atoms with Crippen LogP contribution in [0, 0.1) is 0 Å². The number of hydrogen-bond acceptors (Lipinski definition) is 5. The number of nitrogens with zero attached hydrogens (tertiary/aromatic N) is 2. The van der Waals surface area contributed by atoms with E-state index in [0.717, 1.165) is 16.9 Å². The van der Waals surface area contributed by atoms with E-state index in [4.69, 9.17) is 9.47 Å². The summed E-state index contributed by atoms with van der Waals surface area (Å²) in [6.45, 7) is 7.21. The smallest absolute Gasteiger partial charge is 0.339 e. The van der Waals surface area contributed by atoms with Gasteiger partial charge in [0.05, 0.1) is 11.3 Å². The summed E-state index contributed by atoms with van der Waals surface area (Å²) in [6, 6.07) is 18.4. The quantitative estimate of drug-likeness (QED) is 0.497. The Morgan fingerprint density at radius 2 is 1.72 bits per heavy atom. The molecule has 6 nitrogen and oxygen atoms in total. The lowest BCUT2D eigenvalue weighted by atomic mass is 10.0.